The fraction of sp³-hybridized carbons (Fsp3) is 0.391. The van der Waals surface area contributed by atoms with E-state index >= 15 is 0 Å². The number of phenols is 1. The van der Waals surface area contributed by atoms with E-state index in [2.05, 4.69) is 10.6 Å². The van der Waals surface area contributed by atoms with Crippen LogP contribution in [0, 0.1) is 16.0 Å². The Balaban J connectivity index is 1.44. The summed E-state index contributed by atoms with van der Waals surface area (Å²) in [5.41, 5.74) is -1.27. The van der Waals surface area contributed by atoms with Crippen molar-refractivity contribution < 1.29 is 32.8 Å². The number of nitrogens with one attached hydrogen (secondary N) is 2. The molecular formula is C23H25F3N4O5. The first-order valence-electron chi connectivity index (χ1n) is 11.0. The number of carbonyl (C=O) groups is 2. The molecule has 12 heteroatoms. The molecule has 9 nitrogen and oxygen atoms in total. The molecule has 1 fully saturated rings. The number of rotatable bonds is 8. The average Bonchev–Trinajstić information content (AvgIpc) is 2.82. The number of hydrogen-bond acceptors (Lipinski definition) is 6. The summed E-state index contributed by atoms with van der Waals surface area (Å²) in [6, 6.07) is 8.40. The van der Waals surface area contributed by atoms with Crippen molar-refractivity contribution in [2.24, 2.45) is 5.92 Å². The number of carbonyl (C=O) groups excluding carboxylic acids is 2. The van der Waals surface area contributed by atoms with E-state index in [1.807, 2.05) is 0 Å². The first-order chi connectivity index (χ1) is 16.6. The summed E-state index contributed by atoms with van der Waals surface area (Å²) < 4.78 is 38.8. The molecule has 0 unspecified atom stereocenters. The largest absolute Gasteiger partial charge is 0.508 e. The Morgan fingerprint density at radius 2 is 1.77 bits per heavy atom. The van der Waals surface area contributed by atoms with Gasteiger partial charge in [-0.2, -0.15) is 13.2 Å². The number of nitro benzene ring substituents is 1. The number of piperidine rings is 1. The molecule has 1 aliphatic heterocycles. The van der Waals surface area contributed by atoms with Crippen LogP contribution in [0.2, 0.25) is 0 Å². The molecule has 2 aromatic rings. The second kappa shape index (κ2) is 11.1. The molecule has 188 valence electrons. The SMILES string of the molecule is O=C(NCCCNC(=O)C1CCN(c2ccc(C(F)(F)F)cc2[N+](=O)[O-])CC1)c1cccc(O)c1. The number of hydrogen-bond donors (Lipinski definition) is 3. The van der Waals surface area contributed by atoms with Gasteiger partial charge >= 0.3 is 6.18 Å². The van der Waals surface area contributed by atoms with Crippen molar-refractivity contribution in [3.63, 3.8) is 0 Å². The van der Waals surface area contributed by atoms with E-state index in [4.69, 9.17) is 0 Å². The Hall–Kier alpha value is -3.83. The molecule has 2 amide bonds. The van der Waals surface area contributed by atoms with Crippen LogP contribution in [0.5, 0.6) is 5.75 Å². The monoisotopic (exact) mass is 494 g/mol. The van der Waals surface area contributed by atoms with Gasteiger partial charge in [0.1, 0.15) is 11.4 Å². The molecule has 3 N–H and O–H groups in total. The Kier molecular flexibility index (Phi) is 8.15. The van der Waals surface area contributed by atoms with Crippen LogP contribution in [0.25, 0.3) is 0 Å². The molecular weight excluding hydrogens is 469 g/mol. The van der Waals surface area contributed by atoms with E-state index in [1.165, 1.54) is 12.1 Å². The van der Waals surface area contributed by atoms with Crippen LogP contribution in [0.15, 0.2) is 42.5 Å². The highest BCUT2D eigenvalue weighted by molar-refractivity contribution is 5.94. The fourth-order valence-electron chi connectivity index (χ4n) is 3.89. The van der Waals surface area contributed by atoms with E-state index in [-0.39, 0.29) is 29.2 Å². The third kappa shape index (κ3) is 6.84. The van der Waals surface area contributed by atoms with Gasteiger partial charge in [0.25, 0.3) is 11.6 Å². The van der Waals surface area contributed by atoms with Gasteiger partial charge < -0.3 is 20.6 Å². The molecule has 3 rings (SSSR count). The quantitative estimate of drug-likeness (QED) is 0.293. The van der Waals surface area contributed by atoms with Crippen molar-refractivity contribution in [2.75, 3.05) is 31.1 Å². The summed E-state index contributed by atoms with van der Waals surface area (Å²) in [5, 5.41) is 26.2. The van der Waals surface area contributed by atoms with Crippen molar-refractivity contribution in [1.82, 2.24) is 10.6 Å². The van der Waals surface area contributed by atoms with E-state index in [1.54, 1.807) is 17.0 Å². The van der Waals surface area contributed by atoms with Gasteiger partial charge in [-0.1, -0.05) is 6.07 Å². The van der Waals surface area contributed by atoms with Gasteiger partial charge in [0.15, 0.2) is 0 Å². The van der Waals surface area contributed by atoms with Crippen molar-refractivity contribution in [3.05, 3.63) is 63.7 Å². The van der Waals surface area contributed by atoms with Gasteiger partial charge in [-0.05, 0) is 49.6 Å². The molecule has 0 saturated carbocycles. The molecule has 0 radical (unpaired) electrons. The molecule has 0 aliphatic carbocycles. The second-order valence-corrected chi connectivity index (χ2v) is 8.17. The minimum atomic E-state index is -4.68. The van der Waals surface area contributed by atoms with Gasteiger partial charge in [-0.15, -0.1) is 0 Å². The van der Waals surface area contributed by atoms with Gasteiger partial charge in [0, 0.05) is 43.7 Å². The zero-order chi connectivity index (χ0) is 25.6. The van der Waals surface area contributed by atoms with E-state index < -0.39 is 22.4 Å². The molecule has 1 aliphatic rings. The normalized spacial score (nSPS) is 14.4. The minimum absolute atomic E-state index is 0.0103. The van der Waals surface area contributed by atoms with Gasteiger partial charge in [-0.25, -0.2) is 0 Å². The number of nitro groups is 1. The number of anilines is 1. The van der Waals surface area contributed by atoms with Gasteiger partial charge in [0.05, 0.1) is 10.5 Å². The summed E-state index contributed by atoms with van der Waals surface area (Å²) >= 11 is 0. The molecule has 0 aromatic heterocycles. The number of benzene rings is 2. The highest BCUT2D eigenvalue weighted by atomic mass is 19.4. The van der Waals surface area contributed by atoms with Crippen LogP contribution in [0.1, 0.15) is 35.2 Å². The second-order valence-electron chi connectivity index (χ2n) is 8.17. The summed E-state index contributed by atoms with van der Waals surface area (Å²) in [7, 11) is 0. The maximum atomic E-state index is 12.9. The van der Waals surface area contributed by atoms with Crippen LogP contribution in [-0.2, 0) is 11.0 Å². The van der Waals surface area contributed by atoms with Crippen LogP contribution in [-0.4, -0.2) is 48.0 Å². The first-order valence-corrected chi connectivity index (χ1v) is 11.0. The molecule has 35 heavy (non-hydrogen) atoms. The molecule has 1 heterocycles. The van der Waals surface area contributed by atoms with Crippen LogP contribution in [0.3, 0.4) is 0 Å². The zero-order valence-electron chi connectivity index (χ0n) is 18.7. The summed E-state index contributed by atoms with van der Waals surface area (Å²) in [6.07, 6.45) is -3.38. The predicted molar refractivity (Wildman–Crippen MR) is 121 cm³/mol. The molecule has 1 saturated heterocycles. The zero-order valence-corrected chi connectivity index (χ0v) is 18.7. The fourth-order valence-corrected chi connectivity index (χ4v) is 3.89. The number of nitrogens with zero attached hydrogens (tertiary/aromatic N) is 2. The van der Waals surface area contributed by atoms with Crippen molar-refractivity contribution >= 4 is 23.2 Å². The summed E-state index contributed by atoms with van der Waals surface area (Å²) in [5.74, 6) is -0.839. The lowest BCUT2D eigenvalue weighted by molar-refractivity contribution is -0.384. The van der Waals surface area contributed by atoms with Gasteiger partial charge in [0.2, 0.25) is 5.91 Å². The molecule has 0 bridgehead atoms. The number of alkyl halides is 3. The smallest absolute Gasteiger partial charge is 0.416 e. The molecule has 0 atom stereocenters. The summed E-state index contributed by atoms with van der Waals surface area (Å²) in [6.45, 7) is 1.25. The Morgan fingerprint density at radius 1 is 1.09 bits per heavy atom. The van der Waals surface area contributed by atoms with Crippen molar-refractivity contribution in [1.29, 1.82) is 0 Å². The van der Waals surface area contributed by atoms with E-state index in [9.17, 15) is 38.0 Å². The van der Waals surface area contributed by atoms with Crippen LogP contribution >= 0.6 is 0 Å². The average molecular weight is 494 g/mol. The first kappa shape index (κ1) is 25.8. The Labute approximate surface area is 199 Å². The van der Waals surface area contributed by atoms with Crippen LogP contribution in [0.4, 0.5) is 24.5 Å². The highest BCUT2D eigenvalue weighted by Gasteiger charge is 2.34. The third-order valence-corrected chi connectivity index (χ3v) is 5.75. The number of aromatic hydroxyl groups is 1. The number of amides is 2. The Bertz CT molecular complexity index is 1090. The lowest BCUT2D eigenvalue weighted by Crippen LogP contribution is -2.41. The predicted octanol–water partition coefficient (Wildman–Crippen LogP) is 3.47. The lowest BCUT2D eigenvalue weighted by Gasteiger charge is -2.32. The maximum Gasteiger partial charge on any atom is 0.416 e. The minimum Gasteiger partial charge on any atom is -0.508 e. The highest BCUT2D eigenvalue weighted by Crippen LogP contribution is 2.37. The summed E-state index contributed by atoms with van der Waals surface area (Å²) in [4.78, 5) is 36.6. The van der Waals surface area contributed by atoms with E-state index in [0.717, 1.165) is 12.1 Å². The number of halogens is 3. The van der Waals surface area contributed by atoms with Crippen LogP contribution < -0.4 is 15.5 Å². The number of phenolic OH excluding ortho intramolecular Hbond substituents is 1. The standard InChI is InChI=1S/C23H25F3N4O5/c24-23(25,26)17-5-6-19(20(14-17)30(34)35)29-11-7-15(8-12-29)21(32)27-9-2-10-28-22(33)16-3-1-4-18(31)13-16/h1,3-6,13-15,31H,2,7-12H2,(H,27,32)(H,28,33). The third-order valence-electron chi connectivity index (χ3n) is 5.75. The van der Waals surface area contributed by atoms with Crippen molar-refractivity contribution in [2.45, 2.75) is 25.4 Å². The topological polar surface area (TPSA) is 125 Å². The molecule has 0 spiro atoms. The van der Waals surface area contributed by atoms with E-state index in [0.29, 0.717) is 57.1 Å². The lowest BCUT2D eigenvalue weighted by atomic mass is 9.95. The molecule has 2 aromatic carbocycles. The Morgan fingerprint density at radius 3 is 2.40 bits per heavy atom. The van der Waals surface area contributed by atoms with Crippen molar-refractivity contribution in [3.8, 4) is 5.75 Å². The van der Waals surface area contributed by atoms with Gasteiger partial charge in [-0.3, -0.25) is 19.7 Å². The maximum absolute atomic E-state index is 12.9.